The number of ether oxygens (including phenoxy) is 1. The van der Waals surface area contributed by atoms with Crippen LogP contribution in [0.1, 0.15) is 12.0 Å². The van der Waals surface area contributed by atoms with Gasteiger partial charge in [0, 0.05) is 37.4 Å². The van der Waals surface area contributed by atoms with Crippen molar-refractivity contribution in [3.05, 3.63) is 83.9 Å². The van der Waals surface area contributed by atoms with Gasteiger partial charge in [-0.05, 0) is 29.8 Å². The van der Waals surface area contributed by atoms with Gasteiger partial charge >= 0.3 is 0 Å². The van der Waals surface area contributed by atoms with Crippen LogP contribution in [0.2, 0.25) is 5.02 Å². The Morgan fingerprint density at radius 3 is 2.67 bits per heavy atom. The van der Waals surface area contributed by atoms with Gasteiger partial charge in [0.25, 0.3) is 0 Å². The largest absolute Gasteiger partial charge is 0.491 e. The zero-order valence-corrected chi connectivity index (χ0v) is 15.9. The van der Waals surface area contributed by atoms with E-state index in [4.69, 9.17) is 21.2 Å². The third-order valence-corrected chi connectivity index (χ3v) is 5.29. The van der Waals surface area contributed by atoms with Gasteiger partial charge in [0.05, 0.1) is 11.9 Å². The maximum Gasteiger partial charge on any atom is 0.119 e. The monoisotopic (exact) mass is 383 g/mol. The molecule has 27 heavy (non-hydrogen) atoms. The maximum atomic E-state index is 6.17. The molecule has 2 aromatic carbocycles. The van der Waals surface area contributed by atoms with Crippen LogP contribution in [0.3, 0.4) is 0 Å². The Hall–Kier alpha value is -2.34. The van der Waals surface area contributed by atoms with E-state index in [9.17, 15) is 0 Å². The second kappa shape index (κ2) is 7.72. The molecule has 0 amide bonds. The highest BCUT2D eigenvalue weighted by atomic mass is 35.5. The molecule has 5 nitrogen and oxygen atoms in total. The molecule has 1 aliphatic rings. The molecule has 1 aliphatic heterocycles. The Kier molecular flexibility index (Phi) is 5.16. The lowest BCUT2D eigenvalue weighted by atomic mass is 9.85. The smallest absolute Gasteiger partial charge is 0.119 e. The molecule has 1 saturated heterocycles. The summed E-state index contributed by atoms with van der Waals surface area (Å²) in [6, 6.07) is 17.9. The van der Waals surface area contributed by atoms with E-state index in [1.54, 1.807) is 6.20 Å². The van der Waals surface area contributed by atoms with Crippen LogP contribution in [0.15, 0.2) is 73.3 Å². The molecule has 1 aromatic heterocycles. The van der Waals surface area contributed by atoms with Gasteiger partial charge in [0.15, 0.2) is 0 Å². The lowest BCUT2D eigenvalue weighted by molar-refractivity contribution is -0.179. The van der Waals surface area contributed by atoms with Gasteiger partial charge in [-0.3, -0.25) is 4.84 Å². The third-order valence-electron chi connectivity index (χ3n) is 5.04. The van der Waals surface area contributed by atoms with Crippen LogP contribution in [0.4, 0.5) is 0 Å². The normalized spacial score (nSPS) is 22.8. The highest BCUT2D eigenvalue weighted by Crippen LogP contribution is 2.41. The van der Waals surface area contributed by atoms with Crippen molar-refractivity contribution >= 4 is 11.6 Å². The lowest BCUT2D eigenvalue weighted by Gasteiger charge is -2.34. The molecule has 6 heteroatoms. The van der Waals surface area contributed by atoms with Gasteiger partial charge in [0.1, 0.15) is 18.5 Å². The Labute approximate surface area is 164 Å². The molecule has 2 atom stereocenters. The summed E-state index contributed by atoms with van der Waals surface area (Å²) >= 11 is 5.94. The summed E-state index contributed by atoms with van der Waals surface area (Å²) in [5, 5.41) is 2.67. The first kappa shape index (κ1) is 18.0. The Morgan fingerprint density at radius 2 is 1.96 bits per heavy atom. The minimum atomic E-state index is -0.282. The number of halogens is 1. The van der Waals surface area contributed by atoms with E-state index in [1.165, 1.54) is 5.56 Å². The topological polar surface area (TPSA) is 39.5 Å². The van der Waals surface area contributed by atoms with Crippen LogP contribution in [-0.2, 0) is 16.9 Å². The lowest BCUT2D eigenvalue weighted by Crippen LogP contribution is -2.41. The molecule has 0 saturated carbocycles. The number of hydrogen-bond donors (Lipinski definition) is 0. The maximum absolute atomic E-state index is 6.17. The predicted octanol–water partition coefficient (Wildman–Crippen LogP) is 4.15. The molecule has 0 N–H and O–H groups in total. The van der Waals surface area contributed by atoms with Gasteiger partial charge < -0.3 is 9.30 Å². The first-order valence-electron chi connectivity index (χ1n) is 8.96. The highest BCUT2D eigenvalue weighted by molar-refractivity contribution is 6.30. The van der Waals surface area contributed by atoms with E-state index in [0.29, 0.717) is 11.6 Å². The highest BCUT2D eigenvalue weighted by Gasteiger charge is 2.47. The number of likely N-dealkylation sites (N-methyl/N-ethyl adjacent to an activating group) is 1. The molecule has 0 radical (unpaired) electrons. The molecular formula is C21H22ClN3O2. The van der Waals surface area contributed by atoms with Crippen LogP contribution in [0.5, 0.6) is 5.75 Å². The van der Waals surface area contributed by atoms with E-state index in [2.05, 4.69) is 33.8 Å². The average Bonchev–Trinajstić information content (AvgIpc) is 3.31. The van der Waals surface area contributed by atoms with E-state index in [-0.39, 0.29) is 11.6 Å². The fourth-order valence-electron chi connectivity index (χ4n) is 3.66. The summed E-state index contributed by atoms with van der Waals surface area (Å²) in [6.07, 6.45) is 6.40. The molecular weight excluding hydrogens is 362 g/mol. The number of imidazole rings is 1. The van der Waals surface area contributed by atoms with Crippen molar-refractivity contribution in [2.45, 2.75) is 24.6 Å². The zero-order chi connectivity index (χ0) is 18.7. The third kappa shape index (κ3) is 3.86. The SMILES string of the molecule is CN1O[C@H](COc2ccc(Cl)cc2)C[C@@]1(Cn1ccnc1)c1ccccc1. The molecule has 0 spiro atoms. The Balaban J connectivity index is 1.53. The first-order valence-corrected chi connectivity index (χ1v) is 9.34. The van der Waals surface area contributed by atoms with Crippen molar-refractivity contribution in [1.82, 2.24) is 14.6 Å². The number of hydrogen-bond acceptors (Lipinski definition) is 4. The van der Waals surface area contributed by atoms with Crippen molar-refractivity contribution in [3.63, 3.8) is 0 Å². The summed E-state index contributed by atoms with van der Waals surface area (Å²) in [5.74, 6) is 0.789. The van der Waals surface area contributed by atoms with Crippen molar-refractivity contribution in [3.8, 4) is 5.75 Å². The molecule has 2 heterocycles. The Bertz CT molecular complexity index is 855. The molecule has 0 bridgehead atoms. The molecule has 140 valence electrons. The summed E-state index contributed by atoms with van der Waals surface area (Å²) in [7, 11) is 1.99. The van der Waals surface area contributed by atoms with Crippen LogP contribution >= 0.6 is 11.6 Å². The van der Waals surface area contributed by atoms with E-state index in [1.807, 2.05) is 55.0 Å². The van der Waals surface area contributed by atoms with Crippen molar-refractivity contribution in [2.75, 3.05) is 13.7 Å². The van der Waals surface area contributed by atoms with Gasteiger partial charge in [-0.1, -0.05) is 41.9 Å². The average molecular weight is 384 g/mol. The number of rotatable bonds is 6. The predicted molar refractivity (Wildman–Crippen MR) is 105 cm³/mol. The minimum absolute atomic E-state index is 0.0468. The van der Waals surface area contributed by atoms with Gasteiger partial charge in [-0.2, -0.15) is 5.06 Å². The second-order valence-electron chi connectivity index (χ2n) is 6.83. The number of benzene rings is 2. The summed E-state index contributed by atoms with van der Waals surface area (Å²) in [4.78, 5) is 10.4. The fraction of sp³-hybridized carbons (Fsp3) is 0.286. The fourth-order valence-corrected chi connectivity index (χ4v) is 3.79. The van der Waals surface area contributed by atoms with Crippen molar-refractivity contribution in [2.24, 2.45) is 0 Å². The molecule has 4 rings (SSSR count). The minimum Gasteiger partial charge on any atom is -0.491 e. The number of aromatic nitrogens is 2. The van der Waals surface area contributed by atoms with Gasteiger partial charge in [-0.15, -0.1) is 0 Å². The Morgan fingerprint density at radius 1 is 1.19 bits per heavy atom. The van der Waals surface area contributed by atoms with E-state index >= 15 is 0 Å². The summed E-state index contributed by atoms with van der Waals surface area (Å²) < 4.78 is 8.02. The van der Waals surface area contributed by atoms with E-state index < -0.39 is 0 Å². The molecule has 0 aliphatic carbocycles. The van der Waals surface area contributed by atoms with Crippen molar-refractivity contribution < 1.29 is 9.57 Å². The molecule has 3 aromatic rings. The van der Waals surface area contributed by atoms with Gasteiger partial charge in [0.2, 0.25) is 0 Å². The van der Waals surface area contributed by atoms with Gasteiger partial charge in [-0.25, -0.2) is 4.98 Å². The number of nitrogens with zero attached hydrogens (tertiary/aromatic N) is 3. The van der Waals surface area contributed by atoms with Crippen LogP contribution in [0, 0.1) is 0 Å². The van der Waals surface area contributed by atoms with Crippen LogP contribution in [0.25, 0.3) is 0 Å². The van der Waals surface area contributed by atoms with Crippen LogP contribution < -0.4 is 4.74 Å². The van der Waals surface area contributed by atoms with Crippen LogP contribution in [-0.4, -0.2) is 34.4 Å². The standard InChI is InChI=1S/C21H22ClN3O2/c1-24-21(15-25-12-11-23-16-25,17-5-3-2-4-6-17)13-20(27-24)14-26-19-9-7-18(22)8-10-19/h2-12,16,20H,13-15H2,1H3/t20-,21+/m0/s1. The second-order valence-corrected chi connectivity index (χ2v) is 7.26. The summed E-state index contributed by atoms with van der Waals surface area (Å²) in [6.45, 7) is 1.23. The zero-order valence-electron chi connectivity index (χ0n) is 15.2. The molecule has 1 fully saturated rings. The number of hydroxylamine groups is 2. The van der Waals surface area contributed by atoms with Crippen molar-refractivity contribution in [1.29, 1.82) is 0 Å². The summed E-state index contributed by atoms with van der Waals surface area (Å²) in [5.41, 5.74) is 0.936. The van der Waals surface area contributed by atoms with E-state index in [0.717, 1.165) is 18.7 Å². The first-order chi connectivity index (χ1) is 13.2. The molecule has 0 unspecified atom stereocenters. The quantitative estimate of drug-likeness (QED) is 0.641.